The Bertz CT molecular complexity index is 2200. The van der Waals surface area contributed by atoms with E-state index >= 15 is 0 Å². The normalized spacial score (nSPS) is 15.5. The molecule has 1 saturated heterocycles. The summed E-state index contributed by atoms with van der Waals surface area (Å²) in [6.07, 6.45) is 1.81. The summed E-state index contributed by atoms with van der Waals surface area (Å²) in [5, 5.41) is 2.08. The van der Waals surface area contributed by atoms with Crippen LogP contribution < -0.4 is 5.46 Å². The molecule has 0 radical (unpaired) electrons. The van der Waals surface area contributed by atoms with Crippen LogP contribution in [0.2, 0.25) is 0 Å². The van der Waals surface area contributed by atoms with Gasteiger partial charge in [0.1, 0.15) is 11.2 Å². The van der Waals surface area contributed by atoms with Crippen molar-refractivity contribution in [2.24, 2.45) is 0 Å². The molecular weight excluding hydrogens is 571 g/mol. The van der Waals surface area contributed by atoms with E-state index in [4.69, 9.17) is 33.7 Å². The van der Waals surface area contributed by atoms with Gasteiger partial charge in [0.05, 0.1) is 22.5 Å². The number of fused-ring (bicyclic) bond motifs is 3. The van der Waals surface area contributed by atoms with Crippen molar-refractivity contribution in [1.29, 1.82) is 0 Å². The second kappa shape index (κ2) is 10.7. The first kappa shape index (κ1) is 28.3. The summed E-state index contributed by atoms with van der Waals surface area (Å²) >= 11 is 0. The summed E-state index contributed by atoms with van der Waals surface area (Å²) in [5.41, 5.74) is 6.10. The van der Waals surface area contributed by atoms with E-state index in [1.807, 2.05) is 103 Å². The van der Waals surface area contributed by atoms with Crippen molar-refractivity contribution in [3.63, 3.8) is 0 Å². The van der Waals surface area contributed by atoms with E-state index in [0.29, 0.717) is 17.5 Å². The van der Waals surface area contributed by atoms with Crippen LogP contribution in [-0.2, 0) is 9.31 Å². The minimum absolute atomic E-state index is 0.387. The number of para-hydroxylation sites is 2. The lowest BCUT2D eigenvalue weighted by atomic mass is 9.79. The zero-order chi connectivity index (χ0) is 31.5. The molecule has 8 rings (SSSR count). The van der Waals surface area contributed by atoms with E-state index in [-0.39, 0.29) is 11.2 Å². The first-order valence-corrected chi connectivity index (χ1v) is 15.4. The van der Waals surface area contributed by atoms with E-state index < -0.39 is 7.12 Å². The Morgan fingerprint density at radius 1 is 0.543 bits per heavy atom. The van der Waals surface area contributed by atoms with Crippen LogP contribution >= 0.6 is 0 Å². The fraction of sp³-hybridized carbons (Fsp3) is 0.158. The molecule has 0 N–H and O–H groups in total. The molecule has 3 aromatic heterocycles. The first-order chi connectivity index (χ1) is 22.3. The Kier molecular flexibility index (Phi) is 6.60. The standard InChI is InChI=1S/C38H31BN4O3/c1-37(2)38(3,4)46-39(45-37)27-20-17-24(18-21-27)31-22-19-26(23-40-31)35-41-34(25-11-6-5-7-12-25)42-36(43-35)30-15-10-14-29-28-13-8-9-16-32(28)44-33(29)30/h5-23H,1-4H3. The van der Waals surface area contributed by atoms with Gasteiger partial charge in [-0.2, -0.15) is 0 Å². The highest BCUT2D eigenvalue weighted by atomic mass is 16.7. The highest BCUT2D eigenvalue weighted by Gasteiger charge is 2.51. The van der Waals surface area contributed by atoms with Crippen LogP contribution in [0.25, 0.3) is 67.4 Å². The highest BCUT2D eigenvalue weighted by Crippen LogP contribution is 2.37. The minimum Gasteiger partial charge on any atom is -0.455 e. The summed E-state index contributed by atoms with van der Waals surface area (Å²) in [5.74, 6) is 1.65. The Labute approximate surface area is 267 Å². The quantitative estimate of drug-likeness (QED) is 0.184. The first-order valence-electron chi connectivity index (χ1n) is 15.4. The van der Waals surface area contributed by atoms with Crippen LogP contribution in [0.3, 0.4) is 0 Å². The second-order valence-corrected chi connectivity index (χ2v) is 12.6. The van der Waals surface area contributed by atoms with Crippen LogP contribution in [0.1, 0.15) is 27.7 Å². The van der Waals surface area contributed by atoms with E-state index in [9.17, 15) is 0 Å². The van der Waals surface area contributed by atoms with Gasteiger partial charge in [-0.05, 0) is 57.4 Å². The zero-order valence-electron chi connectivity index (χ0n) is 26.1. The van der Waals surface area contributed by atoms with E-state index in [0.717, 1.165) is 55.3 Å². The smallest absolute Gasteiger partial charge is 0.455 e. The number of nitrogens with zero attached hydrogens (tertiary/aromatic N) is 4. The van der Waals surface area contributed by atoms with Crippen molar-refractivity contribution in [3.05, 3.63) is 115 Å². The van der Waals surface area contributed by atoms with Gasteiger partial charge >= 0.3 is 7.12 Å². The molecule has 1 aliphatic rings. The average Bonchev–Trinajstić information content (AvgIpc) is 3.57. The fourth-order valence-electron chi connectivity index (χ4n) is 5.75. The lowest BCUT2D eigenvalue weighted by Crippen LogP contribution is -2.41. The van der Waals surface area contributed by atoms with Crippen LogP contribution in [0.15, 0.2) is 120 Å². The van der Waals surface area contributed by atoms with Gasteiger partial charge in [-0.15, -0.1) is 0 Å². The Morgan fingerprint density at radius 3 is 1.89 bits per heavy atom. The molecule has 0 spiro atoms. The molecule has 4 aromatic carbocycles. The fourth-order valence-corrected chi connectivity index (χ4v) is 5.75. The van der Waals surface area contributed by atoms with Gasteiger partial charge < -0.3 is 13.7 Å². The van der Waals surface area contributed by atoms with Gasteiger partial charge in [0, 0.05) is 33.7 Å². The Hall–Kier alpha value is -5.18. The minimum atomic E-state index is -0.406. The molecule has 8 heteroatoms. The topological polar surface area (TPSA) is 83.2 Å². The van der Waals surface area contributed by atoms with E-state index in [2.05, 4.69) is 39.8 Å². The van der Waals surface area contributed by atoms with Gasteiger partial charge in [0.15, 0.2) is 17.5 Å². The Balaban J connectivity index is 1.15. The van der Waals surface area contributed by atoms with Crippen LogP contribution in [0.4, 0.5) is 0 Å². The molecule has 0 atom stereocenters. The van der Waals surface area contributed by atoms with E-state index in [1.165, 1.54) is 0 Å². The van der Waals surface area contributed by atoms with Gasteiger partial charge in [-0.3, -0.25) is 4.98 Å². The van der Waals surface area contributed by atoms with Crippen LogP contribution in [-0.4, -0.2) is 38.3 Å². The van der Waals surface area contributed by atoms with Gasteiger partial charge in [-0.1, -0.05) is 84.9 Å². The molecule has 7 nitrogen and oxygen atoms in total. The van der Waals surface area contributed by atoms with Crippen molar-refractivity contribution >= 4 is 34.5 Å². The molecular formula is C38H31BN4O3. The van der Waals surface area contributed by atoms with Gasteiger partial charge in [0.25, 0.3) is 0 Å². The molecule has 0 amide bonds. The summed E-state index contributed by atoms with van der Waals surface area (Å²) in [4.78, 5) is 19.6. The molecule has 0 bridgehead atoms. The molecule has 4 heterocycles. The third kappa shape index (κ3) is 4.87. The third-order valence-electron chi connectivity index (χ3n) is 9.07. The van der Waals surface area contributed by atoms with Crippen molar-refractivity contribution in [2.75, 3.05) is 0 Å². The highest BCUT2D eigenvalue weighted by molar-refractivity contribution is 6.62. The van der Waals surface area contributed by atoms with Crippen molar-refractivity contribution in [2.45, 2.75) is 38.9 Å². The van der Waals surface area contributed by atoms with Crippen molar-refractivity contribution in [1.82, 2.24) is 19.9 Å². The SMILES string of the molecule is CC1(C)OB(c2ccc(-c3ccc(-c4nc(-c5ccccc5)nc(-c5cccc6c5oc5ccccc56)n4)cn3)cc2)OC1(C)C. The number of aromatic nitrogens is 4. The largest absolute Gasteiger partial charge is 0.494 e. The van der Waals surface area contributed by atoms with Gasteiger partial charge in [-0.25, -0.2) is 15.0 Å². The summed E-state index contributed by atoms with van der Waals surface area (Å²) in [6, 6.07) is 36.2. The lowest BCUT2D eigenvalue weighted by Gasteiger charge is -2.32. The number of pyridine rings is 1. The molecule has 0 saturated carbocycles. The predicted octanol–water partition coefficient (Wildman–Crippen LogP) is 8.13. The molecule has 46 heavy (non-hydrogen) atoms. The monoisotopic (exact) mass is 602 g/mol. The molecule has 0 unspecified atom stereocenters. The second-order valence-electron chi connectivity index (χ2n) is 12.6. The van der Waals surface area contributed by atoms with Crippen molar-refractivity contribution in [3.8, 4) is 45.4 Å². The number of benzene rings is 4. The third-order valence-corrected chi connectivity index (χ3v) is 9.07. The van der Waals surface area contributed by atoms with Crippen LogP contribution in [0, 0.1) is 0 Å². The summed E-state index contributed by atoms with van der Waals surface area (Å²) in [6.45, 7) is 8.24. The summed E-state index contributed by atoms with van der Waals surface area (Å²) in [7, 11) is -0.406. The number of rotatable bonds is 5. The maximum absolute atomic E-state index is 6.33. The molecule has 0 aliphatic carbocycles. The average molecular weight is 603 g/mol. The molecule has 1 aliphatic heterocycles. The molecule has 1 fully saturated rings. The number of hydrogen-bond donors (Lipinski definition) is 0. The van der Waals surface area contributed by atoms with Crippen LogP contribution in [0.5, 0.6) is 0 Å². The number of hydrogen-bond acceptors (Lipinski definition) is 7. The zero-order valence-corrected chi connectivity index (χ0v) is 26.1. The number of furan rings is 1. The lowest BCUT2D eigenvalue weighted by molar-refractivity contribution is 0.00578. The van der Waals surface area contributed by atoms with E-state index in [1.54, 1.807) is 0 Å². The molecule has 224 valence electrons. The summed E-state index contributed by atoms with van der Waals surface area (Å²) < 4.78 is 18.8. The van der Waals surface area contributed by atoms with Gasteiger partial charge in [0.2, 0.25) is 0 Å². The maximum Gasteiger partial charge on any atom is 0.494 e. The van der Waals surface area contributed by atoms with Crippen molar-refractivity contribution < 1.29 is 13.7 Å². The maximum atomic E-state index is 6.33. The Morgan fingerprint density at radius 2 is 1.17 bits per heavy atom. The molecule has 7 aromatic rings. The predicted molar refractivity (Wildman–Crippen MR) is 182 cm³/mol.